The van der Waals surface area contributed by atoms with E-state index in [2.05, 4.69) is 0 Å². The van der Waals surface area contributed by atoms with Crippen molar-refractivity contribution in [3.8, 4) is 11.5 Å². The monoisotopic (exact) mass is 428 g/mol. The van der Waals surface area contributed by atoms with E-state index in [1.807, 2.05) is 72.8 Å². The summed E-state index contributed by atoms with van der Waals surface area (Å²) in [6.07, 6.45) is 3.40. The van der Waals surface area contributed by atoms with Crippen LogP contribution in [-0.4, -0.2) is 12.9 Å². The molecule has 0 saturated carbocycles. The van der Waals surface area contributed by atoms with E-state index in [1.165, 1.54) is 0 Å². The van der Waals surface area contributed by atoms with Crippen molar-refractivity contribution in [3.63, 3.8) is 0 Å². The third-order valence-corrected chi connectivity index (χ3v) is 5.19. The molecule has 0 aliphatic heterocycles. The SMILES string of the molecule is COc1ccc(/C=C/C(=O)c2ccc3ccccc3c2)cc1COc1cccc(Cl)c1. The minimum absolute atomic E-state index is 0.0432. The van der Waals surface area contributed by atoms with Crippen LogP contribution in [0.25, 0.3) is 16.8 Å². The van der Waals surface area contributed by atoms with Crippen LogP contribution in [0, 0.1) is 0 Å². The van der Waals surface area contributed by atoms with Crippen molar-refractivity contribution in [2.24, 2.45) is 0 Å². The second-order valence-corrected chi connectivity index (χ2v) is 7.51. The number of methoxy groups -OCH3 is 1. The molecule has 0 atom stereocenters. The summed E-state index contributed by atoms with van der Waals surface area (Å²) in [5.74, 6) is 1.36. The Kier molecular flexibility index (Phi) is 6.34. The quantitative estimate of drug-likeness (QED) is 0.235. The maximum Gasteiger partial charge on any atom is 0.185 e. The van der Waals surface area contributed by atoms with Crippen LogP contribution in [0.1, 0.15) is 21.5 Å². The van der Waals surface area contributed by atoms with Crippen LogP contribution in [0.15, 0.2) is 91.0 Å². The number of fused-ring (bicyclic) bond motifs is 1. The van der Waals surface area contributed by atoms with Gasteiger partial charge in [0.1, 0.15) is 18.1 Å². The van der Waals surface area contributed by atoms with E-state index in [-0.39, 0.29) is 5.78 Å². The average Bonchev–Trinajstić information content (AvgIpc) is 2.81. The highest BCUT2D eigenvalue weighted by molar-refractivity contribution is 6.30. The molecule has 0 heterocycles. The molecule has 0 aromatic heterocycles. The molecule has 0 saturated heterocycles. The number of halogens is 1. The van der Waals surface area contributed by atoms with Crippen molar-refractivity contribution in [2.45, 2.75) is 6.61 Å². The lowest BCUT2D eigenvalue weighted by Crippen LogP contribution is -1.99. The van der Waals surface area contributed by atoms with E-state index < -0.39 is 0 Å². The molecule has 0 spiro atoms. The fourth-order valence-corrected chi connectivity index (χ4v) is 3.52. The van der Waals surface area contributed by atoms with E-state index in [9.17, 15) is 4.79 Å². The van der Waals surface area contributed by atoms with Gasteiger partial charge in [-0.3, -0.25) is 4.79 Å². The summed E-state index contributed by atoms with van der Waals surface area (Å²) in [4.78, 5) is 12.7. The second kappa shape index (κ2) is 9.50. The Balaban J connectivity index is 1.51. The average molecular weight is 429 g/mol. The van der Waals surface area contributed by atoms with Gasteiger partial charge in [-0.05, 0) is 58.8 Å². The number of ether oxygens (including phenoxy) is 2. The van der Waals surface area contributed by atoms with Gasteiger partial charge in [-0.1, -0.05) is 66.2 Å². The zero-order valence-corrected chi connectivity index (χ0v) is 17.8. The highest BCUT2D eigenvalue weighted by Gasteiger charge is 2.07. The first-order valence-corrected chi connectivity index (χ1v) is 10.3. The van der Waals surface area contributed by atoms with E-state index in [0.717, 1.165) is 27.6 Å². The van der Waals surface area contributed by atoms with Crippen molar-refractivity contribution in [2.75, 3.05) is 7.11 Å². The van der Waals surface area contributed by atoms with Crippen molar-refractivity contribution in [1.29, 1.82) is 0 Å². The van der Waals surface area contributed by atoms with Crippen LogP contribution >= 0.6 is 11.6 Å². The number of ketones is 1. The standard InChI is InChI=1S/C27H21ClO3/c1-30-27-14-10-19(15-23(27)18-31-25-8-4-7-24(28)17-25)9-13-26(29)22-12-11-20-5-2-3-6-21(20)16-22/h2-17H,18H2,1H3/b13-9+. The normalized spacial score (nSPS) is 11.0. The number of benzene rings is 4. The molecular formula is C27H21ClO3. The summed E-state index contributed by atoms with van der Waals surface area (Å²) < 4.78 is 11.3. The first-order valence-electron chi connectivity index (χ1n) is 9.89. The Morgan fingerprint density at radius 2 is 1.74 bits per heavy atom. The maximum absolute atomic E-state index is 12.7. The molecule has 4 heteroatoms. The second-order valence-electron chi connectivity index (χ2n) is 7.08. The van der Waals surface area contributed by atoms with Gasteiger partial charge in [0.2, 0.25) is 0 Å². The molecular weight excluding hydrogens is 408 g/mol. The molecule has 0 aliphatic carbocycles. The summed E-state index contributed by atoms with van der Waals surface area (Å²) in [6, 6.07) is 26.7. The van der Waals surface area contributed by atoms with Gasteiger partial charge in [0, 0.05) is 16.1 Å². The molecule has 0 radical (unpaired) electrons. The van der Waals surface area contributed by atoms with Gasteiger partial charge in [-0.15, -0.1) is 0 Å². The van der Waals surface area contributed by atoms with Crippen LogP contribution in [-0.2, 0) is 6.61 Å². The third kappa shape index (κ3) is 5.14. The van der Waals surface area contributed by atoms with E-state index in [4.69, 9.17) is 21.1 Å². The number of hydrogen-bond donors (Lipinski definition) is 0. The molecule has 0 N–H and O–H groups in total. The Morgan fingerprint density at radius 3 is 2.55 bits per heavy atom. The van der Waals surface area contributed by atoms with Gasteiger partial charge in [-0.25, -0.2) is 0 Å². The molecule has 0 aliphatic rings. The Labute approximate surface area is 186 Å². The van der Waals surface area contributed by atoms with Crippen LogP contribution < -0.4 is 9.47 Å². The summed E-state index contributed by atoms with van der Waals surface area (Å²) in [5, 5.41) is 2.78. The first-order chi connectivity index (χ1) is 15.1. The smallest absolute Gasteiger partial charge is 0.185 e. The lowest BCUT2D eigenvalue weighted by Gasteiger charge is -2.11. The van der Waals surface area contributed by atoms with Crippen LogP contribution in [0.3, 0.4) is 0 Å². The topological polar surface area (TPSA) is 35.5 Å². The molecule has 0 fully saturated rings. The molecule has 0 unspecified atom stereocenters. The fraction of sp³-hybridized carbons (Fsp3) is 0.0741. The molecule has 4 aromatic carbocycles. The summed E-state index contributed by atoms with van der Waals surface area (Å²) in [6.45, 7) is 0.323. The lowest BCUT2D eigenvalue weighted by atomic mass is 10.0. The predicted molar refractivity (Wildman–Crippen MR) is 126 cm³/mol. The van der Waals surface area contributed by atoms with E-state index in [0.29, 0.717) is 22.9 Å². The molecule has 4 rings (SSSR count). The molecule has 3 nitrogen and oxygen atoms in total. The number of carbonyl (C=O) groups excluding carboxylic acids is 1. The van der Waals surface area contributed by atoms with Gasteiger partial charge in [0.15, 0.2) is 5.78 Å². The molecule has 0 amide bonds. The van der Waals surface area contributed by atoms with Crippen molar-refractivity contribution < 1.29 is 14.3 Å². The Hall–Kier alpha value is -3.56. The number of rotatable bonds is 7. The lowest BCUT2D eigenvalue weighted by molar-refractivity contribution is 0.104. The summed E-state index contributed by atoms with van der Waals surface area (Å²) in [5.41, 5.74) is 2.43. The van der Waals surface area contributed by atoms with Crippen molar-refractivity contribution in [1.82, 2.24) is 0 Å². The predicted octanol–water partition coefficient (Wildman–Crippen LogP) is 6.98. The minimum Gasteiger partial charge on any atom is -0.496 e. The molecule has 0 bridgehead atoms. The highest BCUT2D eigenvalue weighted by Crippen LogP contribution is 2.24. The van der Waals surface area contributed by atoms with Crippen LogP contribution in [0.2, 0.25) is 5.02 Å². The van der Waals surface area contributed by atoms with Gasteiger partial charge < -0.3 is 9.47 Å². The Morgan fingerprint density at radius 1 is 0.903 bits per heavy atom. The van der Waals surface area contributed by atoms with Gasteiger partial charge >= 0.3 is 0 Å². The maximum atomic E-state index is 12.7. The molecule has 4 aromatic rings. The van der Waals surface area contributed by atoms with Crippen molar-refractivity contribution >= 4 is 34.2 Å². The number of allylic oxidation sites excluding steroid dienone is 1. The molecule has 154 valence electrons. The van der Waals surface area contributed by atoms with Gasteiger partial charge in [-0.2, -0.15) is 0 Å². The number of hydrogen-bond acceptors (Lipinski definition) is 3. The summed E-state index contributed by atoms with van der Waals surface area (Å²) in [7, 11) is 1.62. The zero-order chi connectivity index (χ0) is 21.6. The fourth-order valence-electron chi connectivity index (χ4n) is 3.34. The highest BCUT2D eigenvalue weighted by atomic mass is 35.5. The van der Waals surface area contributed by atoms with Crippen molar-refractivity contribution in [3.05, 3.63) is 113 Å². The number of carbonyl (C=O) groups is 1. The minimum atomic E-state index is -0.0432. The van der Waals surface area contributed by atoms with Gasteiger partial charge in [0.25, 0.3) is 0 Å². The summed E-state index contributed by atoms with van der Waals surface area (Å²) >= 11 is 6.02. The Bertz CT molecular complexity index is 1260. The molecule has 31 heavy (non-hydrogen) atoms. The largest absolute Gasteiger partial charge is 0.496 e. The third-order valence-electron chi connectivity index (χ3n) is 4.96. The van der Waals surface area contributed by atoms with E-state index >= 15 is 0 Å². The first kappa shape index (κ1) is 20.7. The van der Waals surface area contributed by atoms with E-state index in [1.54, 1.807) is 31.4 Å². The zero-order valence-electron chi connectivity index (χ0n) is 17.0. The van der Waals surface area contributed by atoms with Crippen LogP contribution in [0.4, 0.5) is 0 Å². The van der Waals surface area contributed by atoms with Gasteiger partial charge in [0.05, 0.1) is 7.11 Å². The van der Waals surface area contributed by atoms with Crippen LogP contribution in [0.5, 0.6) is 11.5 Å².